The second-order valence-corrected chi connectivity index (χ2v) is 12.1. The van der Waals surface area contributed by atoms with E-state index in [4.69, 9.17) is 5.73 Å². The lowest BCUT2D eigenvalue weighted by Gasteiger charge is -2.33. The molecule has 0 aliphatic carbocycles. The summed E-state index contributed by atoms with van der Waals surface area (Å²) < 4.78 is 15.5. The van der Waals surface area contributed by atoms with Gasteiger partial charge in [-0.25, -0.2) is 14.4 Å². The van der Waals surface area contributed by atoms with Gasteiger partial charge in [-0.15, -0.1) is 0 Å². The molecule has 10 heteroatoms. The van der Waals surface area contributed by atoms with E-state index in [2.05, 4.69) is 36.9 Å². The van der Waals surface area contributed by atoms with Gasteiger partial charge in [0.25, 0.3) is 5.91 Å². The summed E-state index contributed by atoms with van der Waals surface area (Å²) in [5.41, 5.74) is 13.8. The summed E-state index contributed by atoms with van der Waals surface area (Å²) in [6.45, 7) is 8.45. The summed E-state index contributed by atoms with van der Waals surface area (Å²) in [6, 6.07) is 18.2. The maximum absolute atomic E-state index is 13.6. The number of rotatable bonds is 8. The first kappa shape index (κ1) is 30.2. The largest absolute Gasteiger partial charge is 0.344 e. The molecule has 0 saturated carbocycles. The van der Waals surface area contributed by atoms with Crippen molar-refractivity contribution in [1.82, 2.24) is 19.8 Å². The zero-order chi connectivity index (χ0) is 31.6. The molecule has 1 aromatic heterocycles. The molecule has 1 fully saturated rings. The van der Waals surface area contributed by atoms with Gasteiger partial charge in [0.1, 0.15) is 5.82 Å². The number of nitrogens with two attached hydrogens (primary N) is 1. The summed E-state index contributed by atoms with van der Waals surface area (Å²) in [5.74, 6) is -1.40. The van der Waals surface area contributed by atoms with E-state index in [1.165, 1.54) is 12.1 Å². The van der Waals surface area contributed by atoms with E-state index in [1.54, 1.807) is 24.7 Å². The smallest absolute Gasteiger partial charge is 0.255 e. The molecule has 2 aliphatic rings. The van der Waals surface area contributed by atoms with Crippen LogP contribution in [0.5, 0.6) is 0 Å². The Hall–Kier alpha value is -4.80. The predicted molar refractivity (Wildman–Crippen MR) is 178 cm³/mol. The van der Waals surface area contributed by atoms with Gasteiger partial charge >= 0.3 is 0 Å². The Morgan fingerprint density at radius 1 is 1.13 bits per heavy atom. The number of imidazole rings is 1. The number of aryl methyl sites for hydroxylation is 2. The molecule has 1 amide bonds. The normalized spacial score (nSPS) is 19.9. The minimum absolute atomic E-state index is 0.184. The van der Waals surface area contributed by atoms with Gasteiger partial charge in [0, 0.05) is 59.9 Å². The molecule has 0 radical (unpaired) electrons. The monoisotopic (exact) mass is 606 g/mol. The van der Waals surface area contributed by atoms with Crippen LogP contribution >= 0.6 is 0 Å². The predicted octanol–water partition coefficient (Wildman–Crippen LogP) is 5.60. The number of likely N-dealkylation sites (tertiary alicyclic amines) is 1. The maximum Gasteiger partial charge on any atom is 0.255 e. The number of anilines is 2. The minimum atomic E-state index is -0.887. The number of nitrogens with one attached hydrogen (secondary N) is 3. The molecule has 2 aliphatic heterocycles. The number of carbonyl (C=O) groups excluding carboxylic acids is 1. The lowest BCUT2D eigenvalue weighted by Crippen LogP contribution is -2.48. The van der Waals surface area contributed by atoms with Crippen molar-refractivity contribution in [2.45, 2.75) is 52.0 Å². The Balaban J connectivity index is 1.21. The summed E-state index contributed by atoms with van der Waals surface area (Å²) in [4.78, 5) is 25.0. The van der Waals surface area contributed by atoms with Crippen LogP contribution in [0.2, 0.25) is 0 Å². The quantitative estimate of drug-likeness (QED) is 0.208. The second kappa shape index (κ2) is 12.7. The van der Waals surface area contributed by atoms with E-state index < -0.39 is 5.79 Å². The second-order valence-electron chi connectivity index (χ2n) is 12.1. The Labute approximate surface area is 263 Å². The summed E-state index contributed by atoms with van der Waals surface area (Å²) in [6.07, 6.45) is 9.46. The van der Waals surface area contributed by atoms with Crippen LogP contribution in [-0.4, -0.2) is 51.5 Å². The van der Waals surface area contributed by atoms with Crippen molar-refractivity contribution < 1.29 is 9.18 Å². The molecule has 0 spiro atoms. The highest BCUT2D eigenvalue weighted by molar-refractivity contribution is 6.05. The molecule has 3 aromatic carbocycles. The van der Waals surface area contributed by atoms with E-state index >= 15 is 0 Å². The van der Waals surface area contributed by atoms with Crippen molar-refractivity contribution in [3.63, 3.8) is 0 Å². The fourth-order valence-electron chi connectivity index (χ4n) is 5.86. The van der Waals surface area contributed by atoms with E-state index in [0.717, 1.165) is 71.9 Å². The van der Waals surface area contributed by atoms with Crippen molar-refractivity contribution in [2.75, 3.05) is 23.7 Å². The van der Waals surface area contributed by atoms with Crippen molar-refractivity contribution in [3.8, 4) is 5.69 Å². The van der Waals surface area contributed by atoms with Gasteiger partial charge in [-0.05, 0) is 118 Å². The first-order valence-corrected chi connectivity index (χ1v) is 15.3. The van der Waals surface area contributed by atoms with Crippen LogP contribution in [-0.2, 0) is 6.54 Å². The van der Waals surface area contributed by atoms with Crippen LogP contribution in [0.4, 0.5) is 15.8 Å². The number of piperidine rings is 1. The molecule has 6 rings (SSSR count). The van der Waals surface area contributed by atoms with Gasteiger partial charge in [0.2, 0.25) is 5.79 Å². The third-order valence-corrected chi connectivity index (χ3v) is 8.18. The molecule has 1 unspecified atom stereocenters. The number of amides is 1. The van der Waals surface area contributed by atoms with Crippen LogP contribution in [0.25, 0.3) is 11.4 Å². The number of aromatic nitrogens is 2. The zero-order valence-electron chi connectivity index (χ0n) is 25.8. The number of hydrogen-bond acceptors (Lipinski definition) is 7. The Bertz CT molecular complexity index is 1760. The fraction of sp³-hybridized carbons (Fsp3) is 0.286. The number of allylic oxidation sites excluding steroid dienone is 1. The van der Waals surface area contributed by atoms with Gasteiger partial charge < -0.3 is 26.3 Å². The molecule has 232 valence electrons. The number of nitrogens with zero attached hydrogens (tertiary/aromatic N) is 4. The Morgan fingerprint density at radius 3 is 2.71 bits per heavy atom. The molecule has 45 heavy (non-hydrogen) atoms. The number of halogens is 1. The van der Waals surface area contributed by atoms with Crippen LogP contribution < -0.4 is 21.7 Å². The van der Waals surface area contributed by atoms with E-state index in [9.17, 15) is 9.18 Å². The Kier molecular flexibility index (Phi) is 8.51. The highest BCUT2D eigenvalue weighted by Crippen LogP contribution is 2.27. The molecule has 3 heterocycles. The summed E-state index contributed by atoms with van der Waals surface area (Å²) in [7, 11) is 0. The first-order chi connectivity index (χ1) is 21.6. The molecule has 1 saturated heterocycles. The van der Waals surface area contributed by atoms with Crippen molar-refractivity contribution >= 4 is 29.2 Å². The molecule has 9 nitrogen and oxygen atoms in total. The van der Waals surface area contributed by atoms with Crippen LogP contribution in [0.3, 0.4) is 0 Å². The number of hydrogen-bond donors (Lipinski definition) is 4. The van der Waals surface area contributed by atoms with E-state index in [0.29, 0.717) is 11.3 Å². The van der Waals surface area contributed by atoms with Gasteiger partial charge in [0.15, 0.2) is 0 Å². The molecule has 4 aromatic rings. The fourth-order valence-corrected chi connectivity index (χ4v) is 5.86. The molecular weight excluding hydrogens is 567 g/mol. The van der Waals surface area contributed by atoms with Gasteiger partial charge in [0.05, 0.1) is 12.0 Å². The molecule has 5 N–H and O–H groups in total. The van der Waals surface area contributed by atoms with Gasteiger partial charge in [-0.2, -0.15) is 0 Å². The summed E-state index contributed by atoms with van der Waals surface area (Å²) in [5, 5.41) is 9.99. The first-order valence-electron chi connectivity index (χ1n) is 15.3. The van der Waals surface area contributed by atoms with Crippen molar-refractivity contribution in [1.29, 1.82) is 0 Å². The minimum Gasteiger partial charge on any atom is -0.344 e. The molecule has 0 bridgehead atoms. The summed E-state index contributed by atoms with van der Waals surface area (Å²) >= 11 is 0. The van der Waals surface area contributed by atoms with E-state index in [1.807, 2.05) is 67.9 Å². The molecule has 2 atom stereocenters. The van der Waals surface area contributed by atoms with Crippen LogP contribution in [0.15, 0.2) is 84.3 Å². The highest BCUT2D eigenvalue weighted by atomic mass is 19.1. The number of aliphatic imine (C=N–C) groups is 1. The van der Waals surface area contributed by atoms with Crippen LogP contribution in [0, 0.1) is 19.7 Å². The molecular formula is C35H39FN8O. The van der Waals surface area contributed by atoms with Crippen molar-refractivity contribution in [2.24, 2.45) is 10.7 Å². The Morgan fingerprint density at radius 2 is 1.96 bits per heavy atom. The third kappa shape index (κ3) is 7.30. The highest BCUT2D eigenvalue weighted by Gasteiger charge is 2.27. The van der Waals surface area contributed by atoms with Crippen molar-refractivity contribution in [3.05, 3.63) is 113 Å². The third-order valence-electron chi connectivity index (χ3n) is 8.18. The van der Waals surface area contributed by atoms with E-state index in [-0.39, 0.29) is 17.8 Å². The number of carbonyl (C=O) groups is 1. The zero-order valence-corrected chi connectivity index (χ0v) is 25.8. The van der Waals surface area contributed by atoms with Gasteiger partial charge in [-0.1, -0.05) is 6.07 Å². The standard InChI is InChI=1S/C35H39FN8O/c1-23-6-7-27(17-33(23)42-35(3)39-13-12-32(41-35)26-8-10-28(36)11-9-26)34(45)40-30-15-25(20-43-14-4-5-29(37)21-43)16-31(18-30)44-19-24(2)38-22-44/h6-13,15-19,22,29,41-42H,4-5,14,20-21,37H2,1-3H3,(H,40,45)/t29-,35?/m0/s1. The van der Waals surface area contributed by atoms with Gasteiger partial charge in [-0.3, -0.25) is 9.69 Å². The average molecular weight is 607 g/mol. The maximum atomic E-state index is 13.6. The topological polar surface area (TPSA) is 113 Å². The lowest BCUT2D eigenvalue weighted by atomic mass is 10.0. The van der Waals surface area contributed by atoms with Crippen LogP contribution in [0.1, 0.15) is 52.5 Å². The average Bonchev–Trinajstić information content (AvgIpc) is 3.45. The lowest BCUT2D eigenvalue weighted by molar-refractivity contribution is 0.102. The number of benzene rings is 3. The SMILES string of the molecule is Cc1cn(-c2cc(CN3CCC[C@H](N)C3)cc(NC(=O)c3ccc(C)c(NC4(C)N=CC=C(c5ccc(F)cc5)N4)c3)c2)cn1.